The largest absolute Gasteiger partial charge is 4.00 e. The average molecular weight is 684 g/mol. The second-order valence-corrected chi connectivity index (χ2v) is 10.4. The van der Waals surface area contributed by atoms with E-state index in [4.69, 9.17) is 0 Å². The zero-order valence-corrected chi connectivity index (χ0v) is 26.3. The topological polar surface area (TPSA) is 0 Å². The van der Waals surface area contributed by atoms with Crippen LogP contribution in [0.25, 0.3) is 10.8 Å². The van der Waals surface area contributed by atoms with Gasteiger partial charge in [-0.1, -0.05) is 92.9 Å². The number of benzene rings is 3. The molecule has 4 aromatic carbocycles. The molecule has 0 spiro atoms. The summed E-state index contributed by atoms with van der Waals surface area (Å²) in [6, 6.07) is 35.0. The zero-order chi connectivity index (χ0) is 22.2. The van der Waals surface area contributed by atoms with E-state index in [0.717, 1.165) is 6.42 Å². The number of allylic oxidation sites excluding steroid dienone is 4. The van der Waals surface area contributed by atoms with Gasteiger partial charge in [-0.3, -0.25) is 6.08 Å². The first-order chi connectivity index (χ1) is 15.8. The van der Waals surface area contributed by atoms with Gasteiger partial charge < -0.3 is 24.8 Å². The van der Waals surface area contributed by atoms with Gasteiger partial charge in [0, 0.05) is 0 Å². The Morgan fingerprint density at radius 3 is 1.91 bits per heavy atom. The molecular formula is C31H31Cl2HfP. The van der Waals surface area contributed by atoms with Crippen LogP contribution in [-0.2, 0) is 25.8 Å². The molecule has 1 aliphatic carbocycles. The summed E-state index contributed by atoms with van der Waals surface area (Å²) >= 11 is 0. The van der Waals surface area contributed by atoms with Crippen LogP contribution in [0.3, 0.4) is 0 Å². The van der Waals surface area contributed by atoms with Crippen LogP contribution in [0.4, 0.5) is 0 Å². The van der Waals surface area contributed by atoms with Crippen molar-refractivity contribution < 1.29 is 50.7 Å². The van der Waals surface area contributed by atoms with Crippen LogP contribution < -0.4 is 40.7 Å². The summed E-state index contributed by atoms with van der Waals surface area (Å²) in [4.78, 5) is 0. The second-order valence-electron chi connectivity index (χ2n) is 8.20. The van der Waals surface area contributed by atoms with Crippen molar-refractivity contribution in [2.24, 2.45) is 0 Å². The summed E-state index contributed by atoms with van der Waals surface area (Å²) in [7, 11) is -0.493. The third kappa shape index (κ3) is 8.61. The predicted octanol–water partition coefficient (Wildman–Crippen LogP) is 1.58. The van der Waals surface area contributed by atoms with E-state index >= 15 is 0 Å². The molecule has 4 heteroatoms. The van der Waals surface area contributed by atoms with Gasteiger partial charge in [0.2, 0.25) is 0 Å². The van der Waals surface area contributed by atoms with Crippen molar-refractivity contribution in [3.63, 3.8) is 0 Å². The summed E-state index contributed by atoms with van der Waals surface area (Å²) < 4.78 is 0. The van der Waals surface area contributed by atoms with E-state index in [-0.39, 0.29) is 50.7 Å². The monoisotopic (exact) mass is 684 g/mol. The van der Waals surface area contributed by atoms with Crippen molar-refractivity contribution in [3.8, 4) is 0 Å². The van der Waals surface area contributed by atoms with Gasteiger partial charge in [-0.05, 0) is 18.5 Å². The maximum atomic E-state index is 3.37. The minimum atomic E-state index is -0.493. The molecule has 0 aromatic heterocycles. The first-order valence-corrected chi connectivity index (χ1v) is 12.9. The molecule has 35 heavy (non-hydrogen) atoms. The van der Waals surface area contributed by atoms with Gasteiger partial charge in [0.1, 0.15) is 0 Å². The van der Waals surface area contributed by atoms with Crippen molar-refractivity contribution in [1.29, 1.82) is 0 Å². The van der Waals surface area contributed by atoms with Crippen molar-refractivity contribution in [2.45, 2.75) is 39.5 Å². The van der Waals surface area contributed by atoms with Crippen LogP contribution in [0.1, 0.15) is 39.5 Å². The van der Waals surface area contributed by atoms with Crippen molar-refractivity contribution in [2.75, 3.05) is 0 Å². The van der Waals surface area contributed by atoms with Crippen molar-refractivity contribution in [1.82, 2.24) is 0 Å². The Kier molecular flexibility index (Phi) is 14.8. The van der Waals surface area contributed by atoms with E-state index in [1.54, 1.807) is 0 Å². The van der Waals surface area contributed by atoms with Crippen LogP contribution in [-0.4, -0.2) is 0 Å². The molecule has 0 aliphatic heterocycles. The molecule has 0 atom stereocenters. The fourth-order valence-corrected chi connectivity index (χ4v) is 6.46. The van der Waals surface area contributed by atoms with E-state index in [1.807, 2.05) is 0 Å². The summed E-state index contributed by atoms with van der Waals surface area (Å²) in [5.41, 5.74) is 2.91. The number of unbranched alkanes of at least 4 members (excludes halogenated alkanes) is 1. The Bertz CT molecular complexity index is 1120. The third-order valence-electron chi connectivity index (χ3n) is 5.87. The van der Waals surface area contributed by atoms with E-state index in [2.05, 4.69) is 123 Å². The van der Waals surface area contributed by atoms with Crippen LogP contribution in [0.2, 0.25) is 0 Å². The fraction of sp³-hybridized carbons (Fsp3) is 0.194. The maximum absolute atomic E-state index is 3.37. The van der Waals surface area contributed by atoms with Gasteiger partial charge in [-0.25, -0.2) is 11.1 Å². The fourth-order valence-electron chi connectivity index (χ4n) is 4.09. The van der Waals surface area contributed by atoms with E-state index < -0.39 is 7.92 Å². The van der Waals surface area contributed by atoms with E-state index in [9.17, 15) is 0 Å². The Balaban J connectivity index is 0.000000407. The second kappa shape index (κ2) is 16.4. The van der Waals surface area contributed by atoms with Gasteiger partial charge in [0.25, 0.3) is 0 Å². The summed E-state index contributed by atoms with van der Waals surface area (Å²) in [5.74, 6) is 0. The van der Waals surface area contributed by atoms with Crippen molar-refractivity contribution in [3.05, 3.63) is 120 Å². The molecule has 178 valence electrons. The zero-order valence-electron chi connectivity index (χ0n) is 20.3. The van der Waals surface area contributed by atoms with Gasteiger partial charge in [-0.2, -0.15) is 12.1 Å². The number of fused-ring (bicyclic) bond motifs is 1. The summed E-state index contributed by atoms with van der Waals surface area (Å²) in [6.07, 6.45) is 10.5. The molecular weight excluding hydrogens is 653 g/mol. The SMILES string of the molecule is CCCCC1=[C-]CC=C1C.[Cl-].[Cl-].[Hf+4].c1ccc(P(c2ccccc2)c2cc3ccccc3[cH-]2)cc1. The maximum Gasteiger partial charge on any atom is 4.00 e. The molecule has 5 rings (SSSR count). The normalized spacial score (nSPS) is 11.9. The Morgan fingerprint density at radius 1 is 0.829 bits per heavy atom. The van der Waals surface area contributed by atoms with Gasteiger partial charge in [0.05, 0.1) is 0 Å². The van der Waals surface area contributed by atoms with E-state index in [1.165, 1.54) is 57.1 Å². The molecule has 0 heterocycles. The van der Waals surface area contributed by atoms with Crippen LogP contribution in [0, 0.1) is 6.08 Å². The Labute approximate surface area is 243 Å². The molecule has 0 N–H and O–H groups in total. The smallest absolute Gasteiger partial charge is 1.00 e. The number of halogens is 2. The Hall–Kier alpha value is -1.37. The number of hydrogen-bond acceptors (Lipinski definition) is 0. The molecule has 0 saturated carbocycles. The minimum absolute atomic E-state index is 0. The molecule has 0 saturated heterocycles. The molecule has 0 fully saturated rings. The first kappa shape index (κ1) is 31.7. The van der Waals surface area contributed by atoms with Gasteiger partial charge in [0.15, 0.2) is 0 Å². The average Bonchev–Trinajstić information content (AvgIpc) is 3.45. The first-order valence-electron chi connectivity index (χ1n) is 11.6. The molecule has 0 amide bonds. The van der Waals surface area contributed by atoms with E-state index in [0.29, 0.717) is 0 Å². The summed E-state index contributed by atoms with van der Waals surface area (Å²) in [6.45, 7) is 4.42. The molecule has 0 nitrogen and oxygen atoms in total. The van der Waals surface area contributed by atoms with Gasteiger partial charge in [-0.15, -0.1) is 53.7 Å². The molecule has 0 unspecified atom stereocenters. The Morgan fingerprint density at radius 2 is 1.40 bits per heavy atom. The predicted molar refractivity (Wildman–Crippen MR) is 143 cm³/mol. The quantitative estimate of drug-likeness (QED) is 0.165. The van der Waals surface area contributed by atoms with Crippen molar-refractivity contribution >= 4 is 34.6 Å². The van der Waals surface area contributed by atoms with Crippen LogP contribution in [0.5, 0.6) is 0 Å². The third-order valence-corrected chi connectivity index (χ3v) is 8.27. The number of rotatable bonds is 6. The minimum Gasteiger partial charge on any atom is -1.00 e. The van der Waals surface area contributed by atoms with Gasteiger partial charge >= 0.3 is 25.8 Å². The molecule has 1 aliphatic rings. The molecule has 4 aromatic rings. The number of hydrogen-bond donors (Lipinski definition) is 0. The summed E-state index contributed by atoms with van der Waals surface area (Å²) in [5, 5.41) is 6.89. The standard InChI is InChI=1S/C21H16P.C10H15.2ClH.Hf/c1-3-11-19(12-4-1)22(20-13-5-2-6-14-20)21-15-17-9-7-8-10-18(17)16-21;1-3-4-7-10-8-5-6-9(10)2;;;/h1-16H;6H,3-5,7H2,1-2H3;2*1H;/q2*-1;;;+4/p-2. The molecule has 0 bridgehead atoms. The molecule has 0 radical (unpaired) electrons. The van der Waals surface area contributed by atoms with Crippen LogP contribution in [0.15, 0.2) is 114 Å². The van der Waals surface area contributed by atoms with Crippen LogP contribution >= 0.6 is 7.92 Å².